The van der Waals surface area contributed by atoms with Crippen LogP contribution >= 0.6 is 12.4 Å². The molecule has 2 unspecified atom stereocenters. The van der Waals surface area contributed by atoms with E-state index in [-0.39, 0.29) is 30.4 Å². The van der Waals surface area contributed by atoms with E-state index in [1.165, 1.54) is 16.5 Å². The summed E-state index contributed by atoms with van der Waals surface area (Å²) >= 11 is 0. The summed E-state index contributed by atoms with van der Waals surface area (Å²) in [5.41, 5.74) is 3.47. The molecule has 3 aromatic rings. The molecular weight excluding hydrogens is 474 g/mol. The Morgan fingerprint density at radius 3 is 2.47 bits per heavy atom. The number of fused-ring (bicyclic) bond motifs is 1. The van der Waals surface area contributed by atoms with Gasteiger partial charge in [0.05, 0.1) is 25.7 Å². The smallest absolute Gasteiger partial charge is 0.313 e. The normalized spacial score (nSPS) is 17.0. The largest absolute Gasteiger partial charge is 0.497 e. The second-order valence-electron chi connectivity index (χ2n) is 9.86. The van der Waals surface area contributed by atoms with Gasteiger partial charge in [0, 0.05) is 19.6 Å². The molecule has 0 aliphatic carbocycles. The predicted molar refractivity (Wildman–Crippen MR) is 147 cm³/mol. The van der Waals surface area contributed by atoms with Gasteiger partial charge in [-0.3, -0.25) is 9.69 Å². The minimum Gasteiger partial charge on any atom is -0.497 e. The van der Waals surface area contributed by atoms with E-state index in [4.69, 9.17) is 14.2 Å². The first-order chi connectivity index (χ1) is 16.9. The third-order valence-corrected chi connectivity index (χ3v) is 6.72. The monoisotopic (exact) mass is 511 g/mol. The molecule has 36 heavy (non-hydrogen) atoms. The van der Waals surface area contributed by atoms with Gasteiger partial charge in [0.1, 0.15) is 12.4 Å². The van der Waals surface area contributed by atoms with Crippen molar-refractivity contribution in [2.24, 2.45) is 5.92 Å². The van der Waals surface area contributed by atoms with Gasteiger partial charge in [0.2, 0.25) is 0 Å². The average molecular weight is 512 g/mol. The van der Waals surface area contributed by atoms with Crippen LogP contribution in [0.15, 0.2) is 60.7 Å². The van der Waals surface area contributed by atoms with E-state index in [0.29, 0.717) is 25.7 Å². The van der Waals surface area contributed by atoms with Crippen LogP contribution in [-0.4, -0.2) is 50.8 Å². The van der Waals surface area contributed by atoms with Gasteiger partial charge < -0.3 is 14.2 Å². The van der Waals surface area contributed by atoms with Crippen molar-refractivity contribution in [1.82, 2.24) is 4.90 Å². The summed E-state index contributed by atoms with van der Waals surface area (Å²) in [6.45, 7) is 9.72. The topological polar surface area (TPSA) is 48.0 Å². The van der Waals surface area contributed by atoms with Crippen molar-refractivity contribution in [2.45, 2.75) is 39.2 Å². The number of rotatable bonds is 9. The molecule has 2 atom stereocenters. The summed E-state index contributed by atoms with van der Waals surface area (Å²) in [5.74, 6) is 1.04. The first-order valence-corrected chi connectivity index (χ1v) is 12.6. The van der Waals surface area contributed by atoms with E-state index >= 15 is 0 Å². The highest BCUT2D eigenvalue weighted by atomic mass is 35.5. The summed E-state index contributed by atoms with van der Waals surface area (Å²) < 4.78 is 17.0. The lowest BCUT2D eigenvalue weighted by Crippen LogP contribution is -2.40. The Kier molecular flexibility index (Phi) is 10.2. The molecule has 3 aromatic carbocycles. The van der Waals surface area contributed by atoms with Gasteiger partial charge in [0.25, 0.3) is 0 Å². The SMILES string of the molecule is COc1ccc2cc(C3CN(CCOC(=O)C(C)c4ccc(CC(C)C)cc4)CCO3)ccc2c1.Cl. The Balaban J connectivity index is 0.00000361. The number of methoxy groups -OCH3 is 1. The van der Waals surface area contributed by atoms with Crippen LogP contribution in [-0.2, 0) is 20.7 Å². The highest BCUT2D eigenvalue weighted by molar-refractivity contribution is 5.85. The molecule has 1 aliphatic rings. The number of carbonyl (C=O) groups excluding carboxylic acids is 1. The zero-order chi connectivity index (χ0) is 24.8. The van der Waals surface area contributed by atoms with Gasteiger partial charge in [-0.25, -0.2) is 0 Å². The van der Waals surface area contributed by atoms with E-state index < -0.39 is 0 Å². The minimum absolute atomic E-state index is 0. The first kappa shape index (κ1) is 28.0. The number of halogens is 1. The third-order valence-electron chi connectivity index (χ3n) is 6.72. The van der Waals surface area contributed by atoms with E-state index in [1.807, 2.05) is 19.1 Å². The Hall–Kier alpha value is -2.60. The van der Waals surface area contributed by atoms with E-state index in [1.54, 1.807) is 7.11 Å². The van der Waals surface area contributed by atoms with Crippen LogP contribution in [0.4, 0.5) is 0 Å². The van der Waals surface area contributed by atoms with E-state index in [2.05, 4.69) is 67.3 Å². The van der Waals surface area contributed by atoms with Gasteiger partial charge in [-0.05, 0) is 64.9 Å². The molecule has 6 heteroatoms. The second-order valence-corrected chi connectivity index (χ2v) is 9.86. The number of hydrogen-bond donors (Lipinski definition) is 0. The third kappa shape index (κ3) is 7.22. The lowest BCUT2D eigenvalue weighted by atomic mass is 9.97. The van der Waals surface area contributed by atoms with Crippen LogP contribution in [0.2, 0.25) is 0 Å². The molecular formula is C30H38ClNO4. The lowest BCUT2D eigenvalue weighted by Gasteiger charge is -2.33. The number of morpholine rings is 1. The van der Waals surface area contributed by atoms with Crippen LogP contribution in [0, 0.1) is 5.92 Å². The van der Waals surface area contributed by atoms with Crippen LogP contribution in [0.3, 0.4) is 0 Å². The number of carbonyl (C=O) groups is 1. The quantitative estimate of drug-likeness (QED) is 0.321. The van der Waals surface area contributed by atoms with Crippen molar-refractivity contribution in [3.8, 4) is 5.75 Å². The maximum atomic E-state index is 12.6. The van der Waals surface area contributed by atoms with E-state index in [0.717, 1.165) is 36.2 Å². The number of nitrogens with zero attached hydrogens (tertiary/aromatic N) is 1. The number of ether oxygens (including phenoxy) is 3. The van der Waals surface area contributed by atoms with Gasteiger partial charge >= 0.3 is 5.97 Å². The average Bonchev–Trinajstić information content (AvgIpc) is 2.88. The first-order valence-electron chi connectivity index (χ1n) is 12.6. The number of esters is 1. The fourth-order valence-corrected chi connectivity index (χ4v) is 4.63. The van der Waals surface area contributed by atoms with Crippen molar-refractivity contribution in [3.05, 3.63) is 77.4 Å². The maximum Gasteiger partial charge on any atom is 0.313 e. The highest BCUT2D eigenvalue weighted by Gasteiger charge is 2.23. The molecule has 0 bridgehead atoms. The van der Waals surface area contributed by atoms with Crippen molar-refractivity contribution >= 4 is 29.1 Å². The molecule has 1 fully saturated rings. The van der Waals surface area contributed by atoms with Crippen molar-refractivity contribution in [3.63, 3.8) is 0 Å². The van der Waals surface area contributed by atoms with Gasteiger partial charge in [-0.2, -0.15) is 0 Å². The molecule has 194 valence electrons. The van der Waals surface area contributed by atoms with Crippen molar-refractivity contribution in [1.29, 1.82) is 0 Å². The summed E-state index contributed by atoms with van der Waals surface area (Å²) in [4.78, 5) is 14.9. The molecule has 1 aliphatic heterocycles. The molecule has 0 radical (unpaired) electrons. The zero-order valence-electron chi connectivity index (χ0n) is 21.7. The predicted octanol–water partition coefficient (Wildman–Crippen LogP) is 6.19. The fraction of sp³-hybridized carbons (Fsp3) is 0.433. The van der Waals surface area contributed by atoms with Crippen LogP contribution in [0.5, 0.6) is 5.75 Å². The van der Waals surface area contributed by atoms with Crippen molar-refractivity contribution < 1.29 is 19.0 Å². The Bertz CT molecular complexity index is 1130. The standard InChI is InChI=1S/C30H37NO4.ClH/c1-21(2)17-23-5-7-24(8-6-23)22(3)30(32)35-16-14-31-13-15-34-29(20-31)27-10-9-26-19-28(33-4)12-11-25(26)18-27;/h5-12,18-19,21-22,29H,13-17,20H2,1-4H3;1H. The highest BCUT2D eigenvalue weighted by Crippen LogP contribution is 2.28. The maximum absolute atomic E-state index is 12.6. The second kappa shape index (κ2) is 13.1. The molecule has 4 rings (SSSR count). The fourth-order valence-electron chi connectivity index (χ4n) is 4.63. The summed E-state index contributed by atoms with van der Waals surface area (Å²) in [6.07, 6.45) is 1.06. The Morgan fingerprint density at radius 1 is 1.03 bits per heavy atom. The Morgan fingerprint density at radius 2 is 1.75 bits per heavy atom. The van der Waals surface area contributed by atoms with Crippen molar-refractivity contribution in [2.75, 3.05) is 40.0 Å². The number of hydrogen-bond acceptors (Lipinski definition) is 5. The summed E-state index contributed by atoms with van der Waals surface area (Å²) in [7, 11) is 1.68. The van der Waals surface area contributed by atoms with E-state index in [9.17, 15) is 4.79 Å². The molecule has 0 N–H and O–H groups in total. The van der Waals surface area contributed by atoms with Crippen LogP contribution < -0.4 is 4.74 Å². The zero-order valence-corrected chi connectivity index (χ0v) is 22.6. The van der Waals surface area contributed by atoms with Gasteiger partial charge in [-0.1, -0.05) is 56.3 Å². The lowest BCUT2D eigenvalue weighted by molar-refractivity contribution is -0.146. The summed E-state index contributed by atoms with van der Waals surface area (Å²) in [6, 6.07) is 20.9. The molecule has 1 saturated heterocycles. The Labute approximate surface area is 221 Å². The molecule has 0 aromatic heterocycles. The molecule has 0 spiro atoms. The number of benzene rings is 3. The van der Waals surface area contributed by atoms with Crippen LogP contribution in [0.25, 0.3) is 10.8 Å². The molecule has 1 heterocycles. The minimum atomic E-state index is -0.267. The molecule has 0 amide bonds. The van der Waals surface area contributed by atoms with Gasteiger partial charge in [-0.15, -0.1) is 12.4 Å². The molecule has 5 nitrogen and oxygen atoms in total. The van der Waals surface area contributed by atoms with Gasteiger partial charge in [0.15, 0.2) is 0 Å². The molecule has 0 saturated carbocycles. The van der Waals surface area contributed by atoms with Crippen LogP contribution in [0.1, 0.15) is 49.5 Å². The summed E-state index contributed by atoms with van der Waals surface area (Å²) in [5, 5.41) is 2.32.